The Morgan fingerprint density at radius 2 is 1.25 bits per heavy atom. The lowest BCUT2D eigenvalue weighted by molar-refractivity contribution is 0.446. The summed E-state index contributed by atoms with van der Waals surface area (Å²) in [4.78, 5) is 0. The standard InChI is InChI=1S/C19H34O/c1-4-7-10-13-17-16-18(14-11-8-5-2)20-19(17)15-12-9-6-3/h16H,4-15H2,1-3H3. The Balaban J connectivity index is 2.55. The molecule has 116 valence electrons. The summed E-state index contributed by atoms with van der Waals surface area (Å²) in [5.41, 5.74) is 1.50. The first-order valence-corrected chi connectivity index (χ1v) is 8.92. The van der Waals surface area contributed by atoms with Crippen molar-refractivity contribution in [2.45, 2.75) is 97.8 Å². The molecule has 1 nitrogen and oxygen atoms in total. The summed E-state index contributed by atoms with van der Waals surface area (Å²) < 4.78 is 6.14. The van der Waals surface area contributed by atoms with Crippen LogP contribution in [-0.2, 0) is 19.3 Å². The quantitative estimate of drug-likeness (QED) is 0.399. The van der Waals surface area contributed by atoms with Crippen molar-refractivity contribution >= 4 is 0 Å². The Morgan fingerprint density at radius 1 is 0.700 bits per heavy atom. The Labute approximate surface area is 126 Å². The van der Waals surface area contributed by atoms with Gasteiger partial charge in [-0.15, -0.1) is 0 Å². The lowest BCUT2D eigenvalue weighted by atomic mass is 10.0. The van der Waals surface area contributed by atoms with E-state index in [9.17, 15) is 0 Å². The highest BCUT2D eigenvalue weighted by atomic mass is 16.3. The van der Waals surface area contributed by atoms with Gasteiger partial charge >= 0.3 is 0 Å². The molecule has 1 heteroatoms. The molecule has 1 aromatic rings. The summed E-state index contributed by atoms with van der Waals surface area (Å²) >= 11 is 0. The molecule has 0 N–H and O–H groups in total. The molecule has 0 aliphatic heterocycles. The van der Waals surface area contributed by atoms with Crippen LogP contribution in [0.1, 0.15) is 95.6 Å². The number of furan rings is 1. The summed E-state index contributed by atoms with van der Waals surface area (Å²) in [5, 5.41) is 0. The molecule has 0 amide bonds. The number of hydrogen-bond donors (Lipinski definition) is 0. The van der Waals surface area contributed by atoms with E-state index in [2.05, 4.69) is 26.8 Å². The zero-order chi connectivity index (χ0) is 14.6. The van der Waals surface area contributed by atoms with Gasteiger partial charge in [-0.25, -0.2) is 0 Å². The second kappa shape index (κ2) is 11.0. The van der Waals surface area contributed by atoms with Crippen LogP contribution in [0, 0.1) is 0 Å². The molecule has 0 aromatic carbocycles. The molecule has 1 heterocycles. The average molecular weight is 278 g/mol. The Bertz CT molecular complexity index is 310. The van der Waals surface area contributed by atoms with Crippen LogP contribution in [0.25, 0.3) is 0 Å². The van der Waals surface area contributed by atoms with Crippen molar-refractivity contribution in [2.75, 3.05) is 0 Å². The van der Waals surface area contributed by atoms with Crippen LogP contribution < -0.4 is 0 Å². The second-order valence-corrected chi connectivity index (χ2v) is 6.03. The van der Waals surface area contributed by atoms with Crippen LogP contribution in [0.15, 0.2) is 10.5 Å². The maximum Gasteiger partial charge on any atom is 0.107 e. The highest BCUT2D eigenvalue weighted by Crippen LogP contribution is 2.22. The van der Waals surface area contributed by atoms with E-state index in [1.165, 1.54) is 81.3 Å². The molecule has 0 saturated carbocycles. The molecule has 0 unspecified atom stereocenters. The SMILES string of the molecule is CCCCCc1cc(CCCCC)c(CCCCC)o1. The summed E-state index contributed by atoms with van der Waals surface area (Å²) in [7, 11) is 0. The minimum absolute atomic E-state index is 1.13. The zero-order valence-corrected chi connectivity index (χ0v) is 14.0. The lowest BCUT2D eigenvalue weighted by Crippen LogP contribution is -1.90. The normalized spacial score (nSPS) is 11.2. The van der Waals surface area contributed by atoms with E-state index < -0.39 is 0 Å². The molecule has 0 bridgehead atoms. The Morgan fingerprint density at radius 3 is 1.85 bits per heavy atom. The summed E-state index contributed by atoms with van der Waals surface area (Å²) in [5.74, 6) is 2.53. The van der Waals surface area contributed by atoms with Gasteiger partial charge in [-0.1, -0.05) is 59.3 Å². The van der Waals surface area contributed by atoms with Gasteiger partial charge in [0.15, 0.2) is 0 Å². The van der Waals surface area contributed by atoms with Crippen LogP contribution >= 0.6 is 0 Å². The predicted molar refractivity (Wildman–Crippen MR) is 88.4 cm³/mol. The third kappa shape index (κ3) is 6.63. The highest BCUT2D eigenvalue weighted by molar-refractivity contribution is 5.22. The van der Waals surface area contributed by atoms with Crippen molar-refractivity contribution in [1.29, 1.82) is 0 Å². The van der Waals surface area contributed by atoms with E-state index in [0.717, 1.165) is 12.8 Å². The minimum Gasteiger partial charge on any atom is -0.466 e. The van der Waals surface area contributed by atoms with Crippen molar-refractivity contribution in [3.63, 3.8) is 0 Å². The van der Waals surface area contributed by atoms with Gasteiger partial charge in [0.05, 0.1) is 0 Å². The first kappa shape index (κ1) is 17.3. The van der Waals surface area contributed by atoms with Crippen molar-refractivity contribution in [2.24, 2.45) is 0 Å². The van der Waals surface area contributed by atoms with Gasteiger partial charge < -0.3 is 4.42 Å². The molecule has 0 fully saturated rings. The van der Waals surface area contributed by atoms with Crippen molar-refractivity contribution < 1.29 is 4.42 Å². The Hall–Kier alpha value is -0.720. The maximum atomic E-state index is 6.14. The van der Waals surface area contributed by atoms with Crippen molar-refractivity contribution in [3.05, 3.63) is 23.2 Å². The topological polar surface area (TPSA) is 13.1 Å². The molecule has 1 aromatic heterocycles. The number of hydrogen-bond acceptors (Lipinski definition) is 1. The van der Waals surface area contributed by atoms with E-state index in [0.29, 0.717) is 0 Å². The van der Waals surface area contributed by atoms with E-state index in [1.807, 2.05) is 0 Å². The molecule has 0 atom stereocenters. The molecular weight excluding hydrogens is 244 g/mol. The number of aryl methyl sites for hydroxylation is 3. The van der Waals surface area contributed by atoms with Gasteiger partial charge in [-0.2, -0.15) is 0 Å². The molecule has 0 spiro atoms. The van der Waals surface area contributed by atoms with Gasteiger partial charge in [0, 0.05) is 12.8 Å². The highest BCUT2D eigenvalue weighted by Gasteiger charge is 2.10. The molecule has 0 radical (unpaired) electrons. The van der Waals surface area contributed by atoms with Gasteiger partial charge in [0.1, 0.15) is 11.5 Å². The van der Waals surface area contributed by atoms with Crippen LogP contribution in [0.4, 0.5) is 0 Å². The first-order valence-electron chi connectivity index (χ1n) is 8.92. The fourth-order valence-electron chi connectivity index (χ4n) is 2.72. The maximum absolute atomic E-state index is 6.14. The van der Waals surface area contributed by atoms with Crippen LogP contribution in [0.3, 0.4) is 0 Å². The molecule has 1 rings (SSSR count). The van der Waals surface area contributed by atoms with Crippen molar-refractivity contribution in [1.82, 2.24) is 0 Å². The van der Waals surface area contributed by atoms with Gasteiger partial charge in [-0.05, 0) is 37.3 Å². The van der Waals surface area contributed by atoms with Gasteiger partial charge in [-0.3, -0.25) is 0 Å². The second-order valence-electron chi connectivity index (χ2n) is 6.03. The zero-order valence-electron chi connectivity index (χ0n) is 14.0. The smallest absolute Gasteiger partial charge is 0.107 e. The summed E-state index contributed by atoms with van der Waals surface area (Å²) in [6.45, 7) is 6.79. The Kier molecular flexibility index (Phi) is 9.53. The fraction of sp³-hybridized carbons (Fsp3) is 0.789. The molecule has 0 aliphatic rings. The summed E-state index contributed by atoms with van der Waals surface area (Å²) in [6.07, 6.45) is 15.2. The largest absolute Gasteiger partial charge is 0.466 e. The number of unbranched alkanes of at least 4 members (excludes halogenated alkanes) is 6. The summed E-state index contributed by atoms with van der Waals surface area (Å²) in [6, 6.07) is 2.35. The number of rotatable bonds is 12. The van der Waals surface area contributed by atoms with E-state index in [4.69, 9.17) is 4.42 Å². The average Bonchev–Trinajstić information content (AvgIpc) is 2.82. The third-order valence-corrected chi connectivity index (χ3v) is 4.03. The van der Waals surface area contributed by atoms with Gasteiger partial charge in [0.25, 0.3) is 0 Å². The molecule has 0 saturated heterocycles. The van der Waals surface area contributed by atoms with Crippen molar-refractivity contribution in [3.8, 4) is 0 Å². The van der Waals surface area contributed by atoms with Crippen LogP contribution in [-0.4, -0.2) is 0 Å². The minimum atomic E-state index is 1.13. The molecule has 0 aliphatic carbocycles. The van der Waals surface area contributed by atoms with E-state index >= 15 is 0 Å². The lowest BCUT2D eigenvalue weighted by Gasteiger charge is -2.02. The monoisotopic (exact) mass is 278 g/mol. The van der Waals surface area contributed by atoms with E-state index in [-0.39, 0.29) is 0 Å². The fourth-order valence-corrected chi connectivity index (χ4v) is 2.72. The molecule has 20 heavy (non-hydrogen) atoms. The third-order valence-electron chi connectivity index (χ3n) is 4.03. The first-order chi connectivity index (χ1) is 9.81. The predicted octanol–water partition coefficient (Wildman–Crippen LogP) is 6.48. The van der Waals surface area contributed by atoms with Crippen LogP contribution in [0.2, 0.25) is 0 Å². The molecular formula is C19H34O. The van der Waals surface area contributed by atoms with Crippen LogP contribution in [0.5, 0.6) is 0 Å². The van der Waals surface area contributed by atoms with E-state index in [1.54, 1.807) is 0 Å². The van der Waals surface area contributed by atoms with Gasteiger partial charge in [0.2, 0.25) is 0 Å².